The highest BCUT2D eigenvalue weighted by Gasteiger charge is 2.02. The third kappa shape index (κ3) is 4.84. The first-order valence-electron chi connectivity index (χ1n) is 8.30. The van der Waals surface area contributed by atoms with Gasteiger partial charge in [-0.05, 0) is 54.0 Å². The summed E-state index contributed by atoms with van der Waals surface area (Å²) in [6.07, 6.45) is 1.89. The number of nitriles is 1. The fourth-order valence-corrected chi connectivity index (χ4v) is 2.75. The zero-order chi connectivity index (χ0) is 18.4. The number of allylic oxidation sites excluding steroid dienone is 1. The van der Waals surface area contributed by atoms with Crippen molar-refractivity contribution >= 4 is 27.6 Å². The van der Waals surface area contributed by atoms with Gasteiger partial charge in [0.25, 0.3) is 0 Å². The second-order valence-electron chi connectivity index (χ2n) is 6.02. The molecule has 0 aliphatic rings. The van der Waals surface area contributed by atoms with Gasteiger partial charge in [-0.2, -0.15) is 5.26 Å². The normalized spacial score (nSPS) is 11.0. The van der Waals surface area contributed by atoms with Crippen LogP contribution in [-0.2, 0) is 6.61 Å². The highest BCUT2D eigenvalue weighted by atomic mass is 79.9. The van der Waals surface area contributed by atoms with Crippen LogP contribution in [0, 0.1) is 18.3 Å². The van der Waals surface area contributed by atoms with Crippen molar-refractivity contribution in [2.75, 3.05) is 0 Å². The monoisotopic (exact) mass is 403 g/mol. The predicted octanol–water partition coefficient (Wildman–Crippen LogP) is 6.40. The van der Waals surface area contributed by atoms with Crippen LogP contribution in [0.2, 0.25) is 0 Å². The largest absolute Gasteiger partial charge is 0.489 e. The Morgan fingerprint density at radius 3 is 2.23 bits per heavy atom. The third-order valence-electron chi connectivity index (χ3n) is 3.99. The van der Waals surface area contributed by atoms with Gasteiger partial charge in [0, 0.05) is 4.47 Å². The first kappa shape index (κ1) is 18.0. The van der Waals surface area contributed by atoms with E-state index in [-0.39, 0.29) is 0 Å². The topological polar surface area (TPSA) is 33.0 Å². The first-order chi connectivity index (χ1) is 12.6. The molecular weight excluding hydrogens is 386 g/mol. The maximum atomic E-state index is 9.45. The Balaban J connectivity index is 1.69. The molecule has 0 atom stereocenters. The van der Waals surface area contributed by atoms with Crippen molar-refractivity contribution < 1.29 is 4.74 Å². The second-order valence-corrected chi connectivity index (χ2v) is 6.94. The molecule has 0 heterocycles. The summed E-state index contributed by atoms with van der Waals surface area (Å²) >= 11 is 3.43. The fraction of sp³-hybridized carbons (Fsp3) is 0.0870. The fourth-order valence-electron chi connectivity index (χ4n) is 2.49. The van der Waals surface area contributed by atoms with E-state index in [2.05, 4.69) is 22.0 Å². The lowest BCUT2D eigenvalue weighted by molar-refractivity contribution is 0.306. The van der Waals surface area contributed by atoms with Crippen LogP contribution >= 0.6 is 15.9 Å². The van der Waals surface area contributed by atoms with E-state index in [4.69, 9.17) is 4.74 Å². The lowest BCUT2D eigenvalue weighted by Gasteiger charge is -2.07. The molecule has 0 unspecified atom stereocenters. The molecule has 0 N–H and O–H groups in total. The van der Waals surface area contributed by atoms with Gasteiger partial charge >= 0.3 is 0 Å². The van der Waals surface area contributed by atoms with Gasteiger partial charge in [-0.25, -0.2) is 0 Å². The average molecular weight is 404 g/mol. The quantitative estimate of drug-likeness (QED) is 0.364. The molecule has 0 aromatic heterocycles. The van der Waals surface area contributed by atoms with Crippen LogP contribution in [0.4, 0.5) is 0 Å². The minimum absolute atomic E-state index is 0.523. The Morgan fingerprint density at radius 1 is 0.962 bits per heavy atom. The summed E-state index contributed by atoms with van der Waals surface area (Å²) in [5, 5.41) is 9.45. The average Bonchev–Trinajstić information content (AvgIpc) is 2.67. The third-order valence-corrected chi connectivity index (χ3v) is 4.52. The maximum Gasteiger partial charge on any atom is 0.119 e. The van der Waals surface area contributed by atoms with Crippen LogP contribution in [0.1, 0.15) is 22.3 Å². The van der Waals surface area contributed by atoms with E-state index < -0.39 is 0 Å². The second kappa shape index (κ2) is 8.51. The molecular formula is C23H18BrNO. The van der Waals surface area contributed by atoms with Crippen molar-refractivity contribution in [3.63, 3.8) is 0 Å². The van der Waals surface area contributed by atoms with E-state index in [1.165, 1.54) is 5.56 Å². The summed E-state index contributed by atoms with van der Waals surface area (Å²) in [7, 11) is 0. The molecule has 0 aliphatic carbocycles. The minimum Gasteiger partial charge on any atom is -0.489 e. The molecule has 3 aromatic rings. The van der Waals surface area contributed by atoms with E-state index >= 15 is 0 Å². The summed E-state index contributed by atoms with van der Waals surface area (Å²) in [6, 6.07) is 26.1. The molecule has 0 spiro atoms. The van der Waals surface area contributed by atoms with Gasteiger partial charge in [-0.1, -0.05) is 70.0 Å². The minimum atomic E-state index is 0.523. The Bertz CT molecular complexity index is 933. The zero-order valence-corrected chi connectivity index (χ0v) is 16.0. The highest BCUT2D eigenvalue weighted by molar-refractivity contribution is 9.10. The van der Waals surface area contributed by atoms with Gasteiger partial charge in [0.1, 0.15) is 12.4 Å². The Hall–Kier alpha value is -2.83. The Kier molecular flexibility index (Phi) is 5.88. The molecule has 0 aliphatic heterocycles. The van der Waals surface area contributed by atoms with Crippen molar-refractivity contribution in [3.8, 4) is 11.8 Å². The number of hydrogen-bond acceptors (Lipinski definition) is 2. The number of halogens is 1. The maximum absolute atomic E-state index is 9.45. The van der Waals surface area contributed by atoms with Crippen molar-refractivity contribution in [2.45, 2.75) is 13.5 Å². The van der Waals surface area contributed by atoms with Crippen LogP contribution in [-0.4, -0.2) is 0 Å². The van der Waals surface area contributed by atoms with Crippen LogP contribution in [0.15, 0.2) is 77.3 Å². The Labute approximate surface area is 162 Å². The van der Waals surface area contributed by atoms with Gasteiger partial charge in [-0.15, -0.1) is 0 Å². The van der Waals surface area contributed by atoms with E-state index in [9.17, 15) is 5.26 Å². The Morgan fingerprint density at radius 2 is 1.62 bits per heavy atom. The van der Waals surface area contributed by atoms with Gasteiger partial charge in [-0.3, -0.25) is 0 Å². The van der Waals surface area contributed by atoms with Gasteiger partial charge in [0.2, 0.25) is 0 Å². The molecule has 0 bridgehead atoms. The predicted molar refractivity (Wildman–Crippen MR) is 110 cm³/mol. The molecule has 0 saturated carbocycles. The molecule has 3 rings (SSSR count). The summed E-state index contributed by atoms with van der Waals surface area (Å²) in [5.74, 6) is 0.805. The summed E-state index contributed by atoms with van der Waals surface area (Å²) < 4.78 is 6.87. The van der Waals surface area contributed by atoms with E-state index in [0.29, 0.717) is 12.2 Å². The number of rotatable bonds is 5. The van der Waals surface area contributed by atoms with Crippen molar-refractivity contribution in [2.24, 2.45) is 0 Å². The lowest BCUT2D eigenvalue weighted by Crippen LogP contribution is -1.94. The van der Waals surface area contributed by atoms with Crippen LogP contribution in [0.25, 0.3) is 11.6 Å². The number of benzene rings is 3. The van der Waals surface area contributed by atoms with Crippen LogP contribution in [0.3, 0.4) is 0 Å². The first-order valence-corrected chi connectivity index (χ1v) is 9.09. The van der Waals surface area contributed by atoms with E-state index in [0.717, 1.165) is 26.9 Å². The molecule has 26 heavy (non-hydrogen) atoms. The van der Waals surface area contributed by atoms with Gasteiger partial charge < -0.3 is 4.74 Å². The SMILES string of the molecule is Cc1ccc(/C(C#N)=C/c2ccc(OCc3ccc(Br)cc3)cc2)cc1. The molecule has 3 heteroatoms. The standard InChI is InChI=1S/C23H18BrNO/c1-17-2-8-20(9-3-17)21(15-25)14-18-6-12-23(13-7-18)26-16-19-4-10-22(24)11-5-19/h2-14H,16H2,1H3/b21-14+. The van der Waals surface area contributed by atoms with Gasteiger partial charge in [0.05, 0.1) is 11.6 Å². The van der Waals surface area contributed by atoms with E-state index in [1.54, 1.807) is 0 Å². The summed E-state index contributed by atoms with van der Waals surface area (Å²) in [5.41, 5.74) is 4.84. The molecule has 0 amide bonds. The number of aryl methyl sites for hydroxylation is 1. The smallest absolute Gasteiger partial charge is 0.119 e. The number of ether oxygens (including phenoxy) is 1. The van der Waals surface area contributed by atoms with Crippen molar-refractivity contribution in [1.82, 2.24) is 0 Å². The van der Waals surface area contributed by atoms with Crippen LogP contribution < -0.4 is 4.74 Å². The van der Waals surface area contributed by atoms with E-state index in [1.807, 2.05) is 85.8 Å². The zero-order valence-electron chi connectivity index (χ0n) is 14.4. The molecule has 0 radical (unpaired) electrons. The van der Waals surface area contributed by atoms with Crippen molar-refractivity contribution in [1.29, 1.82) is 5.26 Å². The molecule has 2 nitrogen and oxygen atoms in total. The van der Waals surface area contributed by atoms with Crippen molar-refractivity contribution in [3.05, 3.63) is 99.5 Å². The summed E-state index contributed by atoms with van der Waals surface area (Å²) in [6.45, 7) is 2.56. The number of nitrogens with zero attached hydrogens (tertiary/aromatic N) is 1. The van der Waals surface area contributed by atoms with Gasteiger partial charge in [0.15, 0.2) is 0 Å². The number of hydrogen-bond donors (Lipinski definition) is 0. The highest BCUT2D eigenvalue weighted by Crippen LogP contribution is 2.21. The lowest BCUT2D eigenvalue weighted by atomic mass is 10.0. The molecule has 0 saturated heterocycles. The molecule has 3 aromatic carbocycles. The molecule has 128 valence electrons. The van der Waals surface area contributed by atoms with Crippen LogP contribution in [0.5, 0.6) is 5.75 Å². The molecule has 0 fully saturated rings. The summed E-state index contributed by atoms with van der Waals surface area (Å²) in [4.78, 5) is 0.